The molecule has 3 rings (SSSR count). The second-order valence-electron chi connectivity index (χ2n) is 3.93. The van der Waals surface area contributed by atoms with Crippen molar-refractivity contribution < 1.29 is 4.79 Å². The van der Waals surface area contributed by atoms with Gasteiger partial charge in [-0.1, -0.05) is 0 Å². The predicted octanol–water partition coefficient (Wildman–Crippen LogP) is 1.31. The molecule has 0 unspecified atom stereocenters. The smallest absolute Gasteiger partial charge is 0.275 e. The number of nitrogens with one attached hydrogen (secondary N) is 1. The number of hydrogen-bond donors (Lipinski definition) is 1. The van der Waals surface area contributed by atoms with Crippen LogP contribution in [0.3, 0.4) is 0 Å². The lowest BCUT2D eigenvalue weighted by atomic mass is 10.2. The first-order valence-corrected chi connectivity index (χ1v) is 5.85. The molecular formula is C13H10N6O. The SMILES string of the molecule is O=C(Nc1ccc(-n2cncn2)cc1)c1cnccn1. The molecule has 0 fully saturated rings. The van der Waals surface area contributed by atoms with Crippen molar-refractivity contribution in [2.24, 2.45) is 0 Å². The molecule has 7 nitrogen and oxygen atoms in total. The van der Waals surface area contributed by atoms with Crippen LogP contribution in [-0.2, 0) is 0 Å². The average molecular weight is 266 g/mol. The summed E-state index contributed by atoms with van der Waals surface area (Å²) in [7, 11) is 0. The third kappa shape index (κ3) is 2.51. The number of amides is 1. The number of rotatable bonds is 3. The van der Waals surface area contributed by atoms with Gasteiger partial charge in [-0.2, -0.15) is 5.10 Å². The fourth-order valence-corrected chi connectivity index (χ4v) is 1.65. The van der Waals surface area contributed by atoms with Crippen molar-refractivity contribution in [1.29, 1.82) is 0 Å². The Balaban J connectivity index is 1.74. The van der Waals surface area contributed by atoms with Crippen molar-refractivity contribution in [3.05, 3.63) is 61.2 Å². The first kappa shape index (κ1) is 12.0. The number of anilines is 1. The molecule has 0 aliphatic rings. The summed E-state index contributed by atoms with van der Waals surface area (Å²) in [6, 6.07) is 7.23. The zero-order chi connectivity index (χ0) is 13.8. The van der Waals surface area contributed by atoms with Gasteiger partial charge in [-0.05, 0) is 24.3 Å². The van der Waals surface area contributed by atoms with Crippen molar-refractivity contribution in [1.82, 2.24) is 24.7 Å². The number of nitrogens with zero attached hydrogens (tertiary/aromatic N) is 5. The fraction of sp³-hybridized carbons (Fsp3) is 0. The lowest BCUT2D eigenvalue weighted by molar-refractivity contribution is 0.102. The lowest BCUT2D eigenvalue weighted by Gasteiger charge is -2.05. The van der Waals surface area contributed by atoms with E-state index in [9.17, 15) is 4.79 Å². The van der Waals surface area contributed by atoms with Crippen molar-refractivity contribution in [3.8, 4) is 5.69 Å². The van der Waals surface area contributed by atoms with Crippen LogP contribution in [0.15, 0.2) is 55.5 Å². The van der Waals surface area contributed by atoms with Crippen LogP contribution in [0.25, 0.3) is 5.69 Å². The molecule has 20 heavy (non-hydrogen) atoms. The molecule has 0 atom stereocenters. The van der Waals surface area contributed by atoms with E-state index in [-0.39, 0.29) is 11.6 Å². The fourth-order valence-electron chi connectivity index (χ4n) is 1.65. The number of carbonyl (C=O) groups excluding carboxylic acids is 1. The predicted molar refractivity (Wildman–Crippen MR) is 71.3 cm³/mol. The molecule has 7 heteroatoms. The minimum atomic E-state index is -0.299. The lowest BCUT2D eigenvalue weighted by Crippen LogP contribution is -2.13. The summed E-state index contributed by atoms with van der Waals surface area (Å²) in [6.07, 6.45) is 7.47. The molecule has 0 radical (unpaired) electrons. The summed E-state index contributed by atoms with van der Waals surface area (Å²) in [5, 5.41) is 6.77. The Morgan fingerprint density at radius 3 is 2.60 bits per heavy atom. The molecule has 0 saturated carbocycles. The second kappa shape index (κ2) is 5.27. The van der Waals surface area contributed by atoms with Crippen LogP contribution < -0.4 is 5.32 Å². The molecule has 3 aromatic rings. The number of carbonyl (C=O) groups is 1. The molecular weight excluding hydrogens is 256 g/mol. The zero-order valence-corrected chi connectivity index (χ0v) is 10.3. The van der Waals surface area contributed by atoms with E-state index in [4.69, 9.17) is 0 Å². The van der Waals surface area contributed by atoms with Gasteiger partial charge in [-0.15, -0.1) is 0 Å². The van der Waals surface area contributed by atoms with E-state index in [2.05, 4.69) is 25.4 Å². The molecule has 1 aromatic carbocycles. The number of benzene rings is 1. The van der Waals surface area contributed by atoms with E-state index in [1.807, 2.05) is 12.1 Å². The first-order chi connectivity index (χ1) is 9.83. The highest BCUT2D eigenvalue weighted by Crippen LogP contribution is 2.12. The van der Waals surface area contributed by atoms with E-state index in [1.54, 1.807) is 23.1 Å². The van der Waals surface area contributed by atoms with Crippen LogP contribution >= 0.6 is 0 Å². The van der Waals surface area contributed by atoms with Crippen LogP contribution in [0.2, 0.25) is 0 Å². The van der Waals surface area contributed by atoms with Crippen molar-refractivity contribution in [2.75, 3.05) is 5.32 Å². The summed E-state index contributed by atoms with van der Waals surface area (Å²) < 4.78 is 1.63. The standard InChI is InChI=1S/C13H10N6O/c20-13(12-7-14-5-6-16-12)18-10-1-3-11(4-2-10)19-9-15-8-17-19/h1-9H,(H,18,20). The molecule has 98 valence electrons. The Morgan fingerprint density at radius 2 is 1.95 bits per heavy atom. The summed E-state index contributed by atoms with van der Waals surface area (Å²) in [4.78, 5) is 23.6. The Morgan fingerprint density at radius 1 is 1.10 bits per heavy atom. The second-order valence-corrected chi connectivity index (χ2v) is 3.93. The summed E-state index contributed by atoms with van der Waals surface area (Å²) in [5.41, 5.74) is 1.80. The average Bonchev–Trinajstić information content (AvgIpc) is 3.03. The van der Waals surface area contributed by atoms with E-state index in [0.29, 0.717) is 5.69 Å². The molecule has 0 spiro atoms. The maximum Gasteiger partial charge on any atom is 0.275 e. The minimum absolute atomic E-state index is 0.271. The zero-order valence-electron chi connectivity index (χ0n) is 10.3. The summed E-state index contributed by atoms with van der Waals surface area (Å²) in [6.45, 7) is 0. The largest absolute Gasteiger partial charge is 0.321 e. The van der Waals surface area contributed by atoms with E-state index in [0.717, 1.165) is 5.69 Å². The molecule has 0 saturated heterocycles. The highest BCUT2D eigenvalue weighted by atomic mass is 16.1. The number of aromatic nitrogens is 5. The van der Waals surface area contributed by atoms with Gasteiger partial charge < -0.3 is 5.32 Å². The molecule has 1 N–H and O–H groups in total. The van der Waals surface area contributed by atoms with Gasteiger partial charge >= 0.3 is 0 Å². The van der Waals surface area contributed by atoms with E-state index < -0.39 is 0 Å². The normalized spacial score (nSPS) is 10.2. The Bertz CT molecular complexity index is 693. The quantitative estimate of drug-likeness (QED) is 0.772. The van der Waals surface area contributed by atoms with Gasteiger partial charge in [-0.3, -0.25) is 9.78 Å². The molecule has 1 amide bonds. The van der Waals surface area contributed by atoms with Crippen LogP contribution in [0.1, 0.15) is 10.5 Å². The monoisotopic (exact) mass is 266 g/mol. The van der Waals surface area contributed by atoms with E-state index in [1.165, 1.54) is 24.9 Å². The molecule has 0 aliphatic carbocycles. The van der Waals surface area contributed by atoms with Crippen LogP contribution in [-0.4, -0.2) is 30.6 Å². The third-order valence-electron chi connectivity index (χ3n) is 2.60. The van der Waals surface area contributed by atoms with Gasteiger partial charge in [0, 0.05) is 18.1 Å². The Kier molecular flexibility index (Phi) is 3.15. The first-order valence-electron chi connectivity index (χ1n) is 5.85. The number of hydrogen-bond acceptors (Lipinski definition) is 5. The van der Waals surface area contributed by atoms with Gasteiger partial charge in [0.15, 0.2) is 0 Å². The molecule has 0 aliphatic heterocycles. The topological polar surface area (TPSA) is 85.6 Å². The molecule has 2 aromatic heterocycles. The molecule has 2 heterocycles. The van der Waals surface area contributed by atoms with Gasteiger partial charge in [0.25, 0.3) is 5.91 Å². The van der Waals surface area contributed by atoms with Gasteiger partial charge in [-0.25, -0.2) is 14.6 Å². The van der Waals surface area contributed by atoms with Crippen molar-refractivity contribution >= 4 is 11.6 Å². The van der Waals surface area contributed by atoms with Crippen molar-refractivity contribution in [2.45, 2.75) is 0 Å². The Labute approximate surface area is 114 Å². The third-order valence-corrected chi connectivity index (χ3v) is 2.60. The van der Waals surface area contributed by atoms with E-state index >= 15 is 0 Å². The highest BCUT2D eigenvalue weighted by Gasteiger charge is 2.07. The summed E-state index contributed by atoms with van der Waals surface area (Å²) >= 11 is 0. The summed E-state index contributed by atoms with van der Waals surface area (Å²) in [5.74, 6) is -0.299. The maximum absolute atomic E-state index is 11.9. The van der Waals surface area contributed by atoms with Crippen LogP contribution in [0.4, 0.5) is 5.69 Å². The van der Waals surface area contributed by atoms with Crippen LogP contribution in [0, 0.1) is 0 Å². The van der Waals surface area contributed by atoms with Gasteiger partial charge in [0.1, 0.15) is 18.3 Å². The van der Waals surface area contributed by atoms with Crippen LogP contribution in [0.5, 0.6) is 0 Å². The van der Waals surface area contributed by atoms with Crippen molar-refractivity contribution in [3.63, 3.8) is 0 Å². The van der Waals surface area contributed by atoms with Gasteiger partial charge in [0.2, 0.25) is 0 Å². The van der Waals surface area contributed by atoms with Gasteiger partial charge in [0.05, 0.1) is 11.9 Å². The highest BCUT2D eigenvalue weighted by molar-refractivity contribution is 6.02. The minimum Gasteiger partial charge on any atom is -0.321 e. The molecule has 0 bridgehead atoms. The Hall–Kier alpha value is -3.09. The maximum atomic E-state index is 11.9.